The molecule has 112 valence electrons. The summed E-state index contributed by atoms with van der Waals surface area (Å²) in [5, 5.41) is 8.32. The summed E-state index contributed by atoms with van der Waals surface area (Å²) in [5.41, 5.74) is 3.31. The maximum atomic E-state index is 5.81. The van der Waals surface area contributed by atoms with Gasteiger partial charge >= 0.3 is 0 Å². The Hall–Kier alpha value is -1.69. The molecular formula is C18H17IN2O. The van der Waals surface area contributed by atoms with Crippen molar-refractivity contribution >= 4 is 22.6 Å². The molecule has 0 unspecified atom stereocenters. The van der Waals surface area contributed by atoms with Gasteiger partial charge in [0.05, 0.1) is 0 Å². The molecule has 3 nitrogen and oxygen atoms in total. The Bertz CT molecular complexity index is 785. The fraction of sp³-hybridized carbons (Fsp3) is 0.222. The van der Waals surface area contributed by atoms with Gasteiger partial charge in [-0.2, -0.15) is 0 Å². The van der Waals surface area contributed by atoms with E-state index in [-0.39, 0.29) is 5.41 Å². The topological polar surface area (TPSA) is 38.9 Å². The predicted molar refractivity (Wildman–Crippen MR) is 96.6 cm³/mol. The van der Waals surface area contributed by atoms with Gasteiger partial charge in [-0.1, -0.05) is 39.0 Å². The van der Waals surface area contributed by atoms with Crippen molar-refractivity contribution in [2.45, 2.75) is 26.2 Å². The van der Waals surface area contributed by atoms with Crippen molar-refractivity contribution in [1.29, 1.82) is 0 Å². The monoisotopic (exact) mass is 404 g/mol. The third kappa shape index (κ3) is 3.21. The molecule has 0 N–H and O–H groups in total. The molecule has 0 saturated heterocycles. The van der Waals surface area contributed by atoms with Gasteiger partial charge in [-0.05, 0) is 63.9 Å². The summed E-state index contributed by atoms with van der Waals surface area (Å²) in [6.45, 7) is 6.59. The van der Waals surface area contributed by atoms with E-state index in [4.69, 9.17) is 4.42 Å². The lowest BCUT2D eigenvalue weighted by molar-refractivity contribution is 0.582. The second kappa shape index (κ2) is 5.83. The number of hydrogen-bond donors (Lipinski definition) is 0. The summed E-state index contributed by atoms with van der Waals surface area (Å²) >= 11 is 2.27. The van der Waals surface area contributed by atoms with Gasteiger partial charge in [-0.25, -0.2) is 0 Å². The smallest absolute Gasteiger partial charge is 0.248 e. The minimum Gasteiger partial charge on any atom is -0.416 e. The number of nitrogens with zero attached hydrogens (tertiary/aromatic N) is 2. The second-order valence-electron chi connectivity index (χ2n) is 6.25. The first-order valence-electron chi connectivity index (χ1n) is 7.14. The molecule has 4 heteroatoms. The molecule has 0 aliphatic rings. The highest BCUT2D eigenvalue weighted by Crippen LogP contribution is 2.27. The van der Waals surface area contributed by atoms with Crippen LogP contribution in [0, 0.1) is 3.57 Å². The Labute approximate surface area is 143 Å². The van der Waals surface area contributed by atoms with Gasteiger partial charge in [0.1, 0.15) is 0 Å². The van der Waals surface area contributed by atoms with E-state index in [0.29, 0.717) is 11.8 Å². The van der Waals surface area contributed by atoms with Crippen LogP contribution >= 0.6 is 22.6 Å². The molecule has 0 radical (unpaired) electrons. The van der Waals surface area contributed by atoms with E-state index in [1.165, 1.54) is 5.56 Å². The van der Waals surface area contributed by atoms with Crippen LogP contribution in [0.3, 0.4) is 0 Å². The maximum absolute atomic E-state index is 5.81. The van der Waals surface area contributed by atoms with Crippen LogP contribution in [-0.4, -0.2) is 10.2 Å². The average molecular weight is 404 g/mol. The van der Waals surface area contributed by atoms with E-state index in [0.717, 1.165) is 14.7 Å². The molecule has 0 bridgehead atoms. The van der Waals surface area contributed by atoms with Crippen LogP contribution in [0.1, 0.15) is 26.3 Å². The third-order valence-corrected chi connectivity index (χ3v) is 4.17. The molecule has 0 aliphatic heterocycles. The van der Waals surface area contributed by atoms with Crippen molar-refractivity contribution in [3.8, 4) is 22.9 Å². The normalized spacial score (nSPS) is 11.6. The molecule has 22 heavy (non-hydrogen) atoms. The van der Waals surface area contributed by atoms with Crippen LogP contribution in [0.25, 0.3) is 22.9 Å². The maximum Gasteiger partial charge on any atom is 0.248 e. The van der Waals surface area contributed by atoms with Crippen LogP contribution in [0.15, 0.2) is 52.9 Å². The lowest BCUT2D eigenvalue weighted by Gasteiger charge is -2.18. The lowest BCUT2D eigenvalue weighted by atomic mass is 9.87. The standard InChI is InChI=1S/C18H17IN2O/c1-18(2,3)14-9-7-12(8-10-14)16-20-21-17(22-16)13-5-4-6-15(19)11-13/h4-11H,1-3H3. The van der Waals surface area contributed by atoms with Crippen molar-refractivity contribution in [2.24, 2.45) is 0 Å². The first-order valence-corrected chi connectivity index (χ1v) is 8.22. The zero-order valence-electron chi connectivity index (χ0n) is 12.8. The van der Waals surface area contributed by atoms with Crippen molar-refractivity contribution < 1.29 is 4.42 Å². The molecule has 0 fully saturated rings. The van der Waals surface area contributed by atoms with Gasteiger partial charge in [-0.15, -0.1) is 10.2 Å². The minimum absolute atomic E-state index is 0.138. The van der Waals surface area contributed by atoms with Crippen molar-refractivity contribution in [2.75, 3.05) is 0 Å². The summed E-state index contributed by atoms with van der Waals surface area (Å²) in [5.74, 6) is 1.10. The predicted octanol–water partition coefficient (Wildman–Crippen LogP) is 5.31. The Morgan fingerprint density at radius 3 is 2.09 bits per heavy atom. The van der Waals surface area contributed by atoms with E-state index < -0.39 is 0 Å². The van der Waals surface area contributed by atoms with E-state index >= 15 is 0 Å². The average Bonchev–Trinajstić information content (AvgIpc) is 2.96. The number of hydrogen-bond acceptors (Lipinski definition) is 3. The first-order chi connectivity index (χ1) is 10.4. The van der Waals surface area contributed by atoms with Gasteiger partial charge in [0.15, 0.2) is 0 Å². The molecule has 3 aromatic rings. The number of aromatic nitrogens is 2. The summed E-state index contributed by atoms with van der Waals surface area (Å²) in [4.78, 5) is 0. The highest BCUT2D eigenvalue weighted by atomic mass is 127. The second-order valence-corrected chi connectivity index (χ2v) is 7.50. The molecule has 0 atom stereocenters. The molecule has 0 aliphatic carbocycles. The fourth-order valence-corrected chi connectivity index (χ4v) is 2.73. The highest BCUT2D eigenvalue weighted by Gasteiger charge is 2.15. The number of rotatable bonds is 2. The molecule has 0 saturated carbocycles. The van der Waals surface area contributed by atoms with Crippen molar-refractivity contribution in [1.82, 2.24) is 10.2 Å². The molecular weight excluding hydrogens is 387 g/mol. The van der Waals surface area contributed by atoms with Crippen LogP contribution in [0.4, 0.5) is 0 Å². The molecule has 2 aromatic carbocycles. The zero-order chi connectivity index (χ0) is 15.7. The Kier molecular flexibility index (Phi) is 4.04. The van der Waals surface area contributed by atoms with Crippen LogP contribution < -0.4 is 0 Å². The largest absolute Gasteiger partial charge is 0.416 e. The van der Waals surface area contributed by atoms with Crippen LogP contribution in [0.5, 0.6) is 0 Å². The lowest BCUT2D eigenvalue weighted by Crippen LogP contribution is -2.10. The minimum atomic E-state index is 0.138. The van der Waals surface area contributed by atoms with Gasteiger partial charge in [0.2, 0.25) is 11.8 Å². The SMILES string of the molecule is CC(C)(C)c1ccc(-c2nnc(-c3cccc(I)c3)o2)cc1. The number of benzene rings is 2. The Morgan fingerprint density at radius 2 is 1.50 bits per heavy atom. The molecule has 0 spiro atoms. The van der Waals surface area contributed by atoms with Gasteiger partial charge in [0, 0.05) is 14.7 Å². The third-order valence-electron chi connectivity index (χ3n) is 3.49. The molecule has 1 aromatic heterocycles. The summed E-state index contributed by atoms with van der Waals surface area (Å²) in [6.07, 6.45) is 0. The van der Waals surface area contributed by atoms with Gasteiger partial charge in [-0.3, -0.25) is 0 Å². The summed E-state index contributed by atoms with van der Waals surface area (Å²) in [6, 6.07) is 16.3. The van der Waals surface area contributed by atoms with Crippen molar-refractivity contribution in [3.05, 3.63) is 57.7 Å². The Balaban J connectivity index is 1.91. The van der Waals surface area contributed by atoms with Crippen LogP contribution in [-0.2, 0) is 5.41 Å². The highest BCUT2D eigenvalue weighted by molar-refractivity contribution is 14.1. The summed E-state index contributed by atoms with van der Waals surface area (Å²) < 4.78 is 6.95. The molecule has 0 amide bonds. The Morgan fingerprint density at radius 1 is 0.864 bits per heavy atom. The number of halogens is 1. The van der Waals surface area contributed by atoms with E-state index in [9.17, 15) is 0 Å². The van der Waals surface area contributed by atoms with E-state index in [2.05, 4.69) is 65.7 Å². The van der Waals surface area contributed by atoms with Crippen LogP contribution in [0.2, 0.25) is 0 Å². The van der Waals surface area contributed by atoms with Gasteiger partial charge in [0.25, 0.3) is 0 Å². The summed E-state index contributed by atoms with van der Waals surface area (Å²) in [7, 11) is 0. The van der Waals surface area contributed by atoms with Gasteiger partial charge < -0.3 is 4.42 Å². The zero-order valence-corrected chi connectivity index (χ0v) is 15.0. The molecule has 1 heterocycles. The van der Waals surface area contributed by atoms with E-state index in [1.807, 2.05) is 36.4 Å². The van der Waals surface area contributed by atoms with Crippen molar-refractivity contribution in [3.63, 3.8) is 0 Å². The first kappa shape index (κ1) is 15.2. The quantitative estimate of drug-likeness (QED) is 0.544. The van der Waals surface area contributed by atoms with E-state index in [1.54, 1.807) is 0 Å². The fourth-order valence-electron chi connectivity index (χ4n) is 2.19. The molecule has 3 rings (SSSR count).